The van der Waals surface area contributed by atoms with Crippen molar-refractivity contribution < 1.29 is 9.16 Å². The highest BCUT2D eigenvalue weighted by molar-refractivity contribution is 6.50. The van der Waals surface area contributed by atoms with Gasteiger partial charge in [-0.25, -0.2) is 0 Å². The molecule has 0 amide bonds. The van der Waals surface area contributed by atoms with Gasteiger partial charge in [0.15, 0.2) is 9.04 Å². The summed E-state index contributed by atoms with van der Waals surface area (Å²) in [5.41, 5.74) is 0. The smallest absolute Gasteiger partial charge is 0.173 e. The van der Waals surface area contributed by atoms with Crippen LogP contribution in [0.4, 0.5) is 0 Å². The fourth-order valence-electron chi connectivity index (χ4n) is 1.11. The maximum Gasteiger partial charge on any atom is 0.173 e. The molecule has 0 bridgehead atoms. The minimum atomic E-state index is -0.595. The Morgan fingerprint density at radius 2 is 1.92 bits per heavy atom. The molecule has 1 aliphatic heterocycles. The quantitative estimate of drug-likeness (QED) is 0.622. The van der Waals surface area contributed by atoms with Crippen LogP contribution in [0.2, 0.25) is 12.6 Å². The van der Waals surface area contributed by atoms with E-state index < -0.39 is 9.04 Å². The van der Waals surface area contributed by atoms with E-state index in [-0.39, 0.29) is 0 Å². The molecule has 1 unspecified atom stereocenters. The summed E-state index contributed by atoms with van der Waals surface area (Å²) >= 11 is 0. The average Bonchev–Trinajstić information content (AvgIpc) is 2.08. The highest BCUT2D eigenvalue weighted by Gasteiger charge is 2.08. The molecule has 3 heteroatoms. The molecular formula is C9H22O2Si. The van der Waals surface area contributed by atoms with Crippen LogP contribution >= 0.6 is 0 Å². The molecule has 2 nitrogen and oxygen atoms in total. The van der Waals surface area contributed by atoms with Gasteiger partial charge in [-0.15, -0.1) is 0 Å². The zero-order valence-electron chi connectivity index (χ0n) is 8.64. The Bertz CT molecular complexity index is 80.6. The standard InChI is InChI=1S/C5H12OSi.C4H10O/c1-7-5-3-2-4-6-7;1-3-5-4-2/h7H,2-5H2,1H3;3-4H2,1-2H3. The van der Waals surface area contributed by atoms with Gasteiger partial charge < -0.3 is 9.16 Å². The lowest BCUT2D eigenvalue weighted by Gasteiger charge is -2.16. The van der Waals surface area contributed by atoms with E-state index in [0.29, 0.717) is 0 Å². The van der Waals surface area contributed by atoms with Crippen molar-refractivity contribution in [1.82, 2.24) is 0 Å². The third-order valence-electron chi connectivity index (χ3n) is 1.82. The molecule has 0 N–H and O–H groups in total. The number of ether oxygens (including phenoxy) is 1. The zero-order valence-corrected chi connectivity index (χ0v) is 9.79. The van der Waals surface area contributed by atoms with E-state index in [2.05, 4.69) is 6.55 Å². The molecule has 74 valence electrons. The summed E-state index contributed by atoms with van der Waals surface area (Å²) in [6.07, 6.45) is 2.73. The van der Waals surface area contributed by atoms with Crippen molar-refractivity contribution in [1.29, 1.82) is 0 Å². The van der Waals surface area contributed by atoms with E-state index in [1.807, 2.05) is 13.8 Å². The first kappa shape index (κ1) is 12.1. The Morgan fingerprint density at radius 1 is 1.25 bits per heavy atom. The monoisotopic (exact) mass is 190 g/mol. The second-order valence-electron chi connectivity index (χ2n) is 2.96. The molecule has 1 aliphatic rings. The van der Waals surface area contributed by atoms with Gasteiger partial charge in [0.1, 0.15) is 0 Å². The van der Waals surface area contributed by atoms with Crippen molar-refractivity contribution in [2.75, 3.05) is 19.8 Å². The summed E-state index contributed by atoms with van der Waals surface area (Å²) in [5.74, 6) is 0. The third kappa shape index (κ3) is 8.24. The van der Waals surface area contributed by atoms with Gasteiger partial charge in [0.05, 0.1) is 0 Å². The Morgan fingerprint density at radius 3 is 2.08 bits per heavy atom. The molecule has 1 rings (SSSR count). The molecule has 1 fully saturated rings. The molecule has 0 spiro atoms. The van der Waals surface area contributed by atoms with Crippen LogP contribution in [0.15, 0.2) is 0 Å². The van der Waals surface area contributed by atoms with Crippen LogP contribution in [-0.4, -0.2) is 28.9 Å². The summed E-state index contributed by atoms with van der Waals surface area (Å²) in [6.45, 7) is 8.99. The predicted molar refractivity (Wildman–Crippen MR) is 55.2 cm³/mol. The molecule has 1 saturated heterocycles. The topological polar surface area (TPSA) is 18.5 Å². The summed E-state index contributed by atoms with van der Waals surface area (Å²) in [6, 6.07) is 1.40. The van der Waals surface area contributed by atoms with Gasteiger partial charge in [-0.1, -0.05) is 6.42 Å². The highest BCUT2D eigenvalue weighted by Crippen LogP contribution is 2.09. The van der Waals surface area contributed by atoms with Gasteiger partial charge in [0.25, 0.3) is 0 Å². The van der Waals surface area contributed by atoms with Gasteiger partial charge in [-0.2, -0.15) is 0 Å². The van der Waals surface area contributed by atoms with Gasteiger partial charge in [-0.3, -0.25) is 0 Å². The fraction of sp³-hybridized carbons (Fsp3) is 1.00. The van der Waals surface area contributed by atoms with Gasteiger partial charge in [0.2, 0.25) is 0 Å². The minimum absolute atomic E-state index is 0.595. The zero-order chi connectivity index (χ0) is 9.23. The molecule has 1 atom stereocenters. The molecular weight excluding hydrogens is 168 g/mol. The van der Waals surface area contributed by atoms with Crippen molar-refractivity contribution in [2.45, 2.75) is 39.3 Å². The lowest BCUT2D eigenvalue weighted by molar-refractivity contribution is 0.162. The van der Waals surface area contributed by atoms with Crippen LogP contribution in [0.3, 0.4) is 0 Å². The Labute approximate surface area is 78.0 Å². The van der Waals surface area contributed by atoms with E-state index in [9.17, 15) is 0 Å². The maximum atomic E-state index is 5.42. The summed E-state index contributed by atoms with van der Waals surface area (Å²) in [7, 11) is -0.595. The second kappa shape index (κ2) is 9.23. The Hall–Kier alpha value is 0.137. The van der Waals surface area contributed by atoms with Crippen LogP contribution < -0.4 is 0 Å². The van der Waals surface area contributed by atoms with Crippen LogP contribution in [0.25, 0.3) is 0 Å². The summed E-state index contributed by atoms with van der Waals surface area (Å²) in [5, 5.41) is 0. The van der Waals surface area contributed by atoms with E-state index in [1.54, 1.807) is 0 Å². The van der Waals surface area contributed by atoms with E-state index in [0.717, 1.165) is 19.8 Å². The summed E-state index contributed by atoms with van der Waals surface area (Å²) < 4.78 is 10.2. The SMILES string of the molecule is CCOCC.C[SiH]1CCCCO1. The van der Waals surface area contributed by atoms with Crippen molar-refractivity contribution >= 4 is 9.04 Å². The van der Waals surface area contributed by atoms with Crippen molar-refractivity contribution in [3.63, 3.8) is 0 Å². The molecule has 0 aromatic carbocycles. The lowest BCUT2D eigenvalue weighted by atomic mass is 10.4. The van der Waals surface area contributed by atoms with Gasteiger partial charge in [0, 0.05) is 19.8 Å². The molecule has 0 aromatic rings. The van der Waals surface area contributed by atoms with Gasteiger partial charge >= 0.3 is 0 Å². The average molecular weight is 190 g/mol. The van der Waals surface area contributed by atoms with E-state index >= 15 is 0 Å². The van der Waals surface area contributed by atoms with Gasteiger partial charge in [-0.05, 0) is 32.9 Å². The summed E-state index contributed by atoms with van der Waals surface area (Å²) in [4.78, 5) is 0. The molecule has 0 saturated carbocycles. The van der Waals surface area contributed by atoms with E-state index in [1.165, 1.54) is 18.9 Å². The second-order valence-corrected chi connectivity index (χ2v) is 5.49. The Kier molecular flexibility index (Phi) is 9.33. The normalized spacial score (nSPS) is 22.8. The lowest BCUT2D eigenvalue weighted by Crippen LogP contribution is -2.18. The third-order valence-corrected chi connectivity index (χ3v) is 3.84. The minimum Gasteiger partial charge on any atom is -0.420 e. The van der Waals surface area contributed by atoms with Crippen LogP contribution in [0.5, 0.6) is 0 Å². The number of hydrogen-bond donors (Lipinski definition) is 0. The highest BCUT2D eigenvalue weighted by atomic mass is 28.3. The molecule has 1 heterocycles. The largest absolute Gasteiger partial charge is 0.420 e. The maximum absolute atomic E-state index is 5.42. The molecule has 0 aromatic heterocycles. The predicted octanol–water partition coefficient (Wildman–Crippen LogP) is 2.19. The number of hydrogen-bond acceptors (Lipinski definition) is 2. The van der Waals surface area contributed by atoms with Crippen LogP contribution in [0, 0.1) is 0 Å². The Balaban J connectivity index is 0.000000217. The first-order chi connectivity index (χ1) is 5.81. The van der Waals surface area contributed by atoms with Crippen molar-refractivity contribution in [2.24, 2.45) is 0 Å². The van der Waals surface area contributed by atoms with Crippen LogP contribution in [-0.2, 0) is 9.16 Å². The molecule has 0 radical (unpaired) electrons. The molecule has 0 aliphatic carbocycles. The van der Waals surface area contributed by atoms with E-state index in [4.69, 9.17) is 9.16 Å². The van der Waals surface area contributed by atoms with Crippen molar-refractivity contribution in [3.8, 4) is 0 Å². The first-order valence-corrected chi connectivity index (χ1v) is 7.44. The number of rotatable bonds is 2. The first-order valence-electron chi connectivity index (χ1n) is 5.00. The van der Waals surface area contributed by atoms with Crippen LogP contribution in [0.1, 0.15) is 26.7 Å². The van der Waals surface area contributed by atoms with Crippen molar-refractivity contribution in [3.05, 3.63) is 0 Å². The fourth-order valence-corrected chi connectivity index (χ4v) is 2.71. The molecule has 12 heavy (non-hydrogen) atoms.